The normalized spacial score (nSPS) is 10.6. The maximum absolute atomic E-state index is 12.0. The van der Waals surface area contributed by atoms with Gasteiger partial charge in [-0.05, 0) is 56.6 Å². The lowest BCUT2D eigenvalue weighted by Crippen LogP contribution is -2.40. The lowest BCUT2D eigenvalue weighted by Gasteiger charge is -2.20. The van der Waals surface area contributed by atoms with Gasteiger partial charge in [0, 0.05) is 18.8 Å². The highest BCUT2D eigenvalue weighted by Crippen LogP contribution is 2.11. The lowest BCUT2D eigenvalue weighted by molar-refractivity contribution is -0.136. The van der Waals surface area contributed by atoms with Crippen LogP contribution in [0, 0.1) is 0 Å². The Kier molecular flexibility index (Phi) is 11.6. The van der Waals surface area contributed by atoms with Gasteiger partial charge < -0.3 is 20.3 Å². The van der Waals surface area contributed by atoms with Gasteiger partial charge in [0.1, 0.15) is 0 Å². The fraction of sp³-hybridized carbons (Fsp3) is 0.571. The molecule has 0 radical (unpaired) electrons. The number of hydrogen-bond acceptors (Lipinski definition) is 5. The molecule has 0 saturated heterocycles. The topological polar surface area (TPSA) is 87.7 Å². The van der Waals surface area contributed by atoms with Crippen LogP contribution in [-0.4, -0.2) is 55.5 Å². The van der Waals surface area contributed by atoms with Crippen LogP contribution in [0.15, 0.2) is 24.3 Å². The number of rotatable bonds is 12. The molecule has 2 amide bonds. The summed E-state index contributed by atoms with van der Waals surface area (Å²) in [7, 11) is 0. The molecule has 0 fully saturated rings. The Hall–Kier alpha value is -2.41. The summed E-state index contributed by atoms with van der Waals surface area (Å²) in [6, 6.07) is 6.28. The average Bonchev–Trinajstić information content (AvgIpc) is 2.68. The van der Waals surface area contributed by atoms with Crippen LogP contribution in [0.25, 0.3) is 0 Å². The zero-order valence-corrected chi connectivity index (χ0v) is 17.3. The standard InChI is InChI=1S/C21H33N3O4/c1-4-7-16-28-21(27)17-8-10-18(11-9-17)23-20(26)19(25)22-12-15-24(13-5-2)14-6-3/h8-11H,4-7,12-16H2,1-3H3,(H,22,25)(H,23,26). The van der Waals surface area contributed by atoms with E-state index in [4.69, 9.17) is 4.74 Å². The van der Waals surface area contributed by atoms with E-state index in [9.17, 15) is 14.4 Å². The SMILES string of the molecule is CCCCOC(=O)c1ccc(NC(=O)C(=O)NCCN(CCC)CCC)cc1. The predicted octanol–water partition coefficient (Wildman–Crippen LogP) is 2.82. The minimum atomic E-state index is -0.726. The summed E-state index contributed by atoms with van der Waals surface area (Å²) in [5.74, 6) is -1.79. The van der Waals surface area contributed by atoms with Gasteiger partial charge in [-0.15, -0.1) is 0 Å². The van der Waals surface area contributed by atoms with E-state index in [1.165, 1.54) is 0 Å². The van der Waals surface area contributed by atoms with Crippen LogP contribution in [0.2, 0.25) is 0 Å². The molecule has 0 bridgehead atoms. The van der Waals surface area contributed by atoms with Crippen LogP contribution in [0.4, 0.5) is 5.69 Å². The van der Waals surface area contributed by atoms with E-state index in [1.807, 2.05) is 6.92 Å². The minimum absolute atomic E-state index is 0.391. The van der Waals surface area contributed by atoms with E-state index in [1.54, 1.807) is 24.3 Å². The summed E-state index contributed by atoms with van der Waals surface area (Å²) < 4.78 is 5.13. The lowest BCUT2D eigenvalue weighted by atomic mass is 10.2. The third-order valence-electron chi connectivity index (χ3n) is 4.11. The number of nitrogens with one attached hydrogen (secondary N) is 2. The minimum Gasteiger partial charge on any atom is -0.462 e. The third kappa shape index (κ3) is 8.99. The fourth-order valence-electron chi connectivity index (χ4n) is 2.65. The summed E-state index contributed by atoms with van der Waals surface area (Å²) in [6.45, 7) is 9.74. The molecule has 1 aromatic carbocycles. The summed E-state index contributed by atoms with van der Waals surface area (Å²) in [5.41, 5.74) is 0.856. The largest absolute Gasteiger partial charge is 0.462 e. The highest BCUT2D eigenvalue weighted by atomic mass is 16.5. The van der Waals surface area contributed by atoms with E-state index >= 15 is 0 Å². The number of unbranched alkanes of at least 4 members (excludes halogenated alkanes) is 1. The summed E-state index contributed by atoms with van der Waals surface area (Å²) >= 11 is 0. The van der Waals surface area contributed by atoms with Crippen LogP contribution in [0.3, 0.4) is 0 Å². The van der Waals surface area contributed by atoms with Crippen LogP contribution >= 0.6 is 0 Å². The van der Waals surface area contributed by atoms with Crippen molar-refractivity contribution in [3.63, 3.8) is 0 Å². The molecule has 0 aromatic heterocycles. The van der Waals surface area contributed by atoms with Crippen molar-refractivity contribution in [1.29, 1.82) is 0 Å². The Morgan fingerprint density at radius 1 is 0.893 bits per heavy atom. The van der Waals surface area contributed by atoms with Crippen molar-refractivity contribution < 1.29 is 19.1 Å². The van der Waals surface area contributed by atoms with Crippen LogP contribution in [0.5, 0.6) is 0 Å². The summed E-state index contributed by atoms with van der Waals surface area (Å²) in [4.78, 5) is 38.1. The van der Waals surface area contributed by atoms with Gasteiger partial charge >= 0.3 is 17.8 Å². The Morgan fingerprint density at radius 3 is 2.11 bits per heavy atom. The van der Waals surface area contributed by atoms with E-state index in [-0.39, 0.29) is 0 Å². The molecule has 1 rings (SSSR count). The molecule has 28 heavy (non-hydrogen) atoms. The maximum atomic E-state index is 12.0. The molecule has 0 spiro atoms. The molecule has 1 aromatic rings. The number of hydrogen-bond donors (Lipinski definition) is 2. The number of carbonyl (C=O) groups is 3. The summed E-state index contributed by atoms with van der Waals surface area (Å²) in [6.07, 6.45) is 3.88. The van der Waals surface area contributed by atoms with Crippen molar-refractivity contribution in [3.8, 4) is 0 Å². The zero-order chi connectivity index (χ0) is 20.8. The first kappa shape index (κ1) is 23.6. The molecule has 7 nitrogen and oxygen atoms in total. The molecule has 156 valence electrons. The Balaban J connectivity index is 2.42. The molecule has 2 N–H and O–H groups in total. The number of ether oxygens (including phenoxy) is 1. The molecule has 0 aliphatic rings. The van der Waals surface area contributed by atoms with E-state index in [2.05, 4.69) is 29.4 Å². The smallest absolute Gasteiger partial charge is 0.338 e. The van der Waals surface area contributed by atoms with E-state index < -0.39 is 17.8 Å². The van der Waals surface area contributed by atoms with Gasteiger partial charge in [-0.25, -0.2) is 4.79 Å². The van der Waals surface area contributed by atoms with Crippen molar-refractivity contribution in [2.24, 2.45) is 0 Å². The van der Waals surface area contributed by atoms with Crippen molar-refractivity contribution in [2.75, 3.05) is 38.1 Å². The second-order valence-corrected chi connectivity index (χ2v) is 6.62. The number of nitrogens with zero attached hydrogens (tertiary/aromatic N) is 1. The Bertz CT molecular complexity index is 611. The van der Waals surface area contributed by atoms with Crippen LogP contribution in [0.1, 0.15) is 56.8 Å². The van der Waals surface area contributed by atoms with Gasteiger partial charge in [-0.2, -0.15) is 0 Å². The van der Waals surface area contributed by atoms with Gasteiger partial charge in [-0.3, -0.25) is 9.59 Å². The summed E-state index contributed by atoms with van der Waals surface area (Å²) in [5, 5.41) is 5.17. The van der Waals surface area contributed by atoms with Gasteiger partial charge in [0.25, 0.3) is 0 Å². The third-order valence-corrected chi connectivity index (χ3v) is 4.11. The highest BCUT2D eigenvalue weighted by molar-refractivity contribution is 6.39. The molecule has 0 aliphatic carbocycles. The van der Waals surface area contributed by atoms with Gasteiger partial charge in [-0.1, -0.05) is 27.2 Å². The van der Waals surface area contributed by atoms with E-state index in [0.29, 0.717) is 24.4 Å². The first-order valence-corrected chi connectivity index (χ1v) is 10.1. The molecule has 7 heteroatoms. The number of carbonyl (C=O) groups excluding carboxylic acids is 3. The van der Waals surface area contributed by atoms with Crippen molar-refractivity contribution >= 4 is 23.5 Å². The molecular formula is C21H33N3O4. The van der Waals surface area contributed by atoms with Gasteiger partial charge in [0.15, 0.2) is 0 Å². The number of esters is 1. The van der Waals surface area contributed by atoms with Gasteiger partial charge in [0.2, 0.25) is 0 Å². The molecule has 0 aliphatic heterocycles. The van der Waals surface area contributed by atoms with E-state index in [0.717, 1.165) is 45.3 Å². The molecule has 0 unspecified atom stereocenters. The van der Waals surface area contributed by atoms with Crippen LogP contribution < -0.4 is 10.6 Å². The first-order valence-electron chi connectivity index (χ1n) is 10.1. The van der Waals surface area contributed by atoms with Crippen molar-refractivity contribution in [2.45, 2.75) is 46.5 Å². The van der Waals surface area contributed by atoms with Crippen molar-refractivity contribution in [3.05, 3.63) is 29.8 Å². The first-order chi connectivity index (χ1) is 13.5. The molecule has 0 saturated carbocycles. The quantitative estimate of drug-likeness (QED) is 0.325. The number of anilines is 1. The highest BCUT2D eigenvalue weighted by Gasteiger charge is 2.14. The molecule has 0 heterocycles. The monoisotopic (exact) mass is 391 g/mol. The van der Waals surface area contributed by atoms with Crippen LogP contribution in [-0.2, 0) is 14.3 Å². The maximum Gasteiger partial charge on any atom is 0.338 e. The average molecular weight is 392 g/mol. The fourth-order valence-corrected chi connectivity index (χ4v) is 2.65. The van der Waals surface area contributed by atoms with Crippen molar-refractivity contribution in [1.82, 2.24) is 10.2 Å². The predicted molar refractivity (Wildman–Crippen MR) is 110 cm³/mol. The number of amides is 2. The second-order valence-electron chi connectivity index (χ2n) is 6.62. The second kappa shape index (κ2) is 13.7. The molecular weight excluding hydrogens is 358 g/mol. The zero-order valence-electron chi connectivity index (χ0n) is 17.3. The molecule has 0 atom stereocenters. The van der Waals surface area contributed by atoms with Gasteiger partial charge in [0.05, 0.1) is 12.2 Å². The Labute approximate surface area is 167 Å². The Morgan fingerprint density at radius 2 is 1.54 bits per heavy atom. The number of benzene rings is 1.